The quantitative estimate of drug-likeness (QED) is 0.794. The number of halogens is 1. The molecule has 0 amide bonds. The maximum Gasteiger partial charge on any atom is 0.312 e. The first kappa shape index (κ1) is 12.4. The molecule has 0 fully saturated rings. The van der Waals surface area contributed by atoms with Crippen molar-refractivity contribution in [2.24, 2.45) is 0 Å². The number of methoxy groups -OCH3 is 1. The van der Waals surface area contributed by atoms with Crippen LogP contribution in [0.2, 0.25) is 0 Å². The van der Waals surface area contributed by atoms with Crippen molar-refractivity contribution in [1.29, 1.82) is 0 Å². The number of hydrogen-bond acceptors (Lipinski definition) is 3. The first-order valence-corrected chi connectivity index (χ1v) is 4.81. The van der Waals surface area contributed by atoms with Crippen LogP contribution < -0.4 is 10.1 Å². The van der Waals surface area contributed by atoms with E-state index in [2.05, 4.69) is 5.32 Å². The molecule has 5 heteroatoms. The van der Waals surface area contributed by atoms with Crippen LogP contribution in [0.25, 0.3) is 0 Å². The van der Waals surface area contributed by atoms with E-state index < -0.39 is 17.7 Å². The predicted octanol–water partition coefficient (Wildman–Crippen LogP) is 1.22. The Morgan fingerprint density at radius 3 is 2.75 bits per heavy atom. The van der Waals surface area contributed by atoms with E-state index in [4.69, 9.17) is 9.84 Å². The molecule has 1 aromatic rings. The summed E-state index contributed by atoms with van der Waals surface area (Å²) >= 11 is 0. The van der Waals surface area contributed by atoms with Gasteiger partial charge in [0.2, 0.25) is 0 Å². The minimum atomic E-state index is -0.987. The minimum absolute atomic E-state index is 0.109. The second-order valence-corrected chi connectivity index (χ2v) is 3.34. The molecule has 16 heavy (non-hydrogen) atoms. The van der Waals surface area contributed by atoms with Crippen molar-refractivity contribution in [2.45, 2.75) is 5.92 Å². The Bertz CT molecular complexity index is 381. The highest BCUT2D eigenvalue weighted by atomic mass is 19.1. The van der Waals surface area contributed by atoms with Gasteiger partial charge in [-0.05, 0) is 24.7 Å². The first-order chi connectivity index (χ1) is 7.60. The number of aliphatic carboxylic acids is 1. The predicted molar refractivity (Wildman–Crippen MR) is 57.3 cm³/mol. The molecule has 4 nitrogen and oxygen atoms in total. The third-order valence-electron chi connectivity index (χ3n) is 2.28. The van der Waals surface area contributed by atoms with Gasteiger partial charge < -0.3 is 15.2 Å². The Labute approximate surface area is 93.0 Å². The van der Waals surface area contributed by atoms with Gasteiger partial charge in [-0.1, -0.05) is 6.07 Å². The number of carboxylic acid groups (broad SMARTS) is 1. The number of hydrogen-bond donors (Lipinski definition) is 2. The number of carbonyl (C=O) groups is 1. The van der Waals surface area contributed by atoms with E-state index in [1.807, 2.05) is 0 Å². The van der Waals surface area contributed by atoms with Gasteiger partial charge in [-0.15, -0.1) is 0 Å². The summed E-state index contributed by atoms with van der Waals surface area (Å²) < 4.78 is 18.1. The molecule has 1 atom stereocenters. The molecule has 0 aliphatic heterocycles. The number of likely N-dealkylation sites (N-methyl/N-ethyl adjacent to an activating group) is 1. The van der Waals surface area contributed by atoms with Crippen molar-refractivity contribution in [2.75, 3.05) is 20.7 Å². The number of rotatable bonds is 5. The topological polar surface area (TPSA) is 58.6 Å². The summed E-state index contributed by atoms with van der Waals surface area (Å²) in [7, 11) is 3.01. The van der Waals surface area contributed by atoms with Crippen molar-refractivity contribution >= 4 is 5.97 Å². The summed E-state index contributed by atoms with van der Waals surface area (Å²) in [6, 6.07) is 4.17. The van der Waals surface area contributed by atoms with Gasteiger partial charge in [-0.2, -0.15) is 0 Å². The van der Waals surface area contributed by atoms with E-state index in [0.717, 1.165) is 0 Å². The van der Waals surface area contributed by atoms with Gasteiger partial charge >= 0.3 is 5.97 Å². The van der Waals surface area contributed by atoms with Gasteiger partial charge in [0.1, 0.15) is 0 Å². The first-order valence-electron chi connectivity index (χ1n) is 4.81. The summed E-state index contributed by atoms with van der Waals surface area (Å²) in [5.74, 6) is -2.19. The van der Waals surface area contributed by atoms with Crippen LogP contribution in [0.3, 0.4) is 0 Å². The van der Waals surface area contributed by atoms with Crippen LogP contribution in [0, 0.1) is 5.82 Å². The standard InChI is InChI=1S/C11H14FNO3/c1-13-6-8(11(14)15)7-3-4-10(16-2)9(12)5-7/h3-5,8,13H,6H2,1-2H3,(H,14,15). The van der Waals surface area contributed by atoms with E-state index in [9.17, 15) is 9.18 Å². The molecule has 0 bridgehead atoms. The molecule has 0 aliphatic rings. The van der Waals surface area contributed by atoms with Crippen molar-refractivity contribution in [1.82, 2.24) is 5.32 Å². The number of benzene rings is 1. The molecular formula is C11H14FNO3. The van der Waals surface area contributed by atoms with Crippen LogP contribution in [0.1, 0.15) is 11.5 Å². The molecule has 0 aliphatic carbocycles. The zero-order valence-electron chi connectivity index (χ0n) is 9.16. The fourth-order valence-corrected chi connectivity index (χ4v) is 1.45. The normalized spacial score (nSPS) is 12.2. The summed E-state index contributed by atoms with van der Waals surface area (Å²) in [6.45, 7) is 0.251. The van der Waals surface area contributed by atoms with Gasteiger partial charge in [0.15, 0.2) is 11.6 Å². The molecule has 0 saturated carbocycles. The van der Waals surface area contributed by atoms with Gasteiger partial charge in [0, 0.05) is 6.54 Å². The zero-order valence-corrected chi connectivity index (χ0v) is 9.16. The molecule has 1 rings (SSSR count). The fourth-order valence-electron chi connectivity index (χ4n) is 1.45. The van der Waals surface area contributed by atoms with Crippen LogP contribution in [-0.4, -0.2) is 31.8 Å². The van der Waals surface area contributed by atoms with Gasteiger partial charge in [0.25, 0.3) is 0 Å². The minimum Gasteiger partial charge on any atom is -0.494 e. The second-order valence-electron chi connectivity index (χ2n) is 3.34. The third kappa shape index (κ3) is 2.70. The maximum atomic E-state index is 13.4. The average Bonchev–Trinajstić information content (AvgIpc) is 2.25. The van der Waals surface area contributed by atoms with E-state index in [0.29, 0.717) is 5.56 Å². The fraction of sp³-hybridized carbons (Fsp3) is 0.364. The molecule has 0 radical (unpaired) electrons. The number of carboxylic acids is 1. The molecule has 0 heterocycles. The number of ether oxygens (including phenoxy) is 1. The van der Waals surface area contributed by atoms with Gasteiger partial charge in [-0.3, -0.25) is 4.79 Å². The molecule has 1 aromatic carbocycles. The lowest BCUT2D eigenvalue weighted by Gasteiger charge is -2.13. The highest BCUT2D eigenvalue weighted by Gasteiger charge is 2.20. The SMILES string of the molecule is CNCC(C(=O)O)c1ccc(OC)c(F)c1. The van der Waals surface area contributed by atoms with Crippen LogP contribution in [-0.2, 0) is 4.79 Å². The maximum absolute atomic E-state index is 13.4. The smallest absolute Gasteiger partial charge is 0.312 e. The lowest BCUT2D eigenvalue weighted by atomic mass is 9.99. The molecular weight excluding hydrogens is 213 g/mol. The van der Waals surface area contributed by atoms with E-state index in [-0.39, 0.29) is 12.3 Å². The summed E-state index contributed by atoms with van der Waals surface area (Å²) in [4.78, 5) is 11.0. The Morgan fingerprint density at radius 1 is 1.62 bits per heavy atom. The number of nitrogens with one attached hydrogen (secondary N) is 1. The van der Waals surface area contributed by atoms with Crippen LogP contribution in [0.5, 0.6) is 5.75 Å². The van der Waals surface area contributed by atoms with Crippen molar-refractivity contribution in [3.8, 4) is 5.75 Å². The van der Waals surface area contributed by atoms with Gasteiger partial charge in [0.05, 0.1) is 13.0 Å². The van der Waals surface area contributed by atoms with E-state index >= 15 is 0 Å². The summed E-state index contributed by atoms with van der Waals surface area (Å²) in [5.41, 5.74) is 0.417. The largest absolute Gasteiger partial charge is 0.494 e. The lowest BCUT2D eigenvalue weighted by Crippen LogP contribution is -2.24. The zero-order chi connectivity index (χ0) is 12.1. The Balaban J connectivity index is 3.01. The van der Waals surface area contributed by atoms with Crippen LogP contribution in [0.4, 0.5) is 4.39 Å². The Hall–Kier alpha value is -1.62. The van der Waals surface area contributed by atoms with E-state index in [1.165, 1.54) is 19.2 Å². The summed E-state index contributed by atoms with van der Waals surface area (Å²) in [5, 5.41) is 11.7. The Kier molecular flexibility index (Phi) is 4.25. The molecule has 0 saturated heterocycles. The second kappa shape index (κ2) is 5.46. The third-order valence-corrected chi connectivity index (χ3v) is 2.28. The highest BCUT2D eigenvalue weighted by molar-refractivity contribution is 5.76. The van der Waals surface area contributed by atoms with Crippen molar-refractivity contribution < 1.29 is 19.0 Å². The lowest BCUT2D eigenvalue weighted by molar-refractivity contribution is -0.138. The van der Waals surface area contributed by atoms with Gasteiger partial charge in [-0.25, -0.2) is 4.39 Å². The van der Waals surface area contributed by atoms with E-state index in [1.54, 1.807) is 13.1 Å². The molecule has 0 aromatic heterocycles. The molecule has 88 valence electrons. The van der Waals surface area contributed by atoms with Crippen LogP contribution in [0.15, 0.2) is 18.2 Å². The molecule has 2 N–H and O–H groups in total. The molecule has 1 unspecified atom stereocenters. The average molecular weight is 227 g/mol. The monoisotopic (exact) mass is 227 g/mol. The van der Waals surface area contributed by atoms with Crippen molar-refractivity contribution in [3.05, 3.63) is 29.6 Å². The molecule has 0 spiro atoms. The Morgan fingerprint density at radius 2 is 2.31 bits per heavy atom. The highest BCUT2D eigenvalue weighted by Crippen LogP contribution is 2.23. The summed E-state index contributed by atoms with van der Waals surface area (Å²) in [6.07, 6.45) is 0. The van der Waals surface area contributed by atoms with Crippen LogP contribution >= 0.6 is 0 Å². The van der Waals surface area contributed by atoms with Crippen molar-refractivity contribution in [3.63, 3.8) is 0 Å².